The first-order chi connectivity index (χ1) is 17.5. The van der Waals surface area contributed by atoms with Gasteiger partial charge in [0.05, 0.1) is 12.2 Å². The van der Waals surface area contributed by atoms with E-state index in [1.54, 1.807) is 28.4 Å². The lowest BCUT2D eigenvalue weighted by molar-refractivity contribution is 0.179. The van der Waals surface area contributed by atoms with Crippen molar-refractivity contribution in [2.45, 2.75) is 44.8 Å². The van der Waals surface area contributed by atoms with E-state index < -0.39 is 17.7 Å². The van der Waals surface area contributed by atoms with Crippen LogP contribution in [-0.2, 0) is 25.9 Å². The number of hydrogen-bond donors (Lipinski definition) is 1. The van der Waals surface area contributed by atoms with Crippen LogP contribution in [0.2, 0.25) is 0 Å². The van der Waals surface area contributed by atoms with E-state index in [9.17, 15) is 18.0 Å². The molecule has 8 heteroatoms. The molecule has 1 atom stereocenters. The Balaban J connectivity index is 1.45. The third-order valence-corrected chi connectivity index (χ3v) is 8.33. The Morgan fingerprint density at radius 3 is 2.47 bits per heavy atom. The predicted octanol–water partition coefficient (Wildman–Crippen LogP) is 6.65. The van der Waals surface area contributed by atoms with Crippen LogP contribution in [0.4, 0.5) is 18.0 Å². The van der Waals surface area contributed by atoms with Gasteiger partial charge in [0.1, 0.15) is 28.5 Å². The van der Waals surface area contributed by atoms with Crippen molar-refractivity contribution in [2.24, 2.45) is 0 Å². The standard InChI is InChI=1S/C28H24F3N3OS/c29-19-9-7-17(8-10-19)15-32-28(35)34-16-23-22-4-1-2-6-25(22)36-27(23)33-11-3-5-24(33)26(34)18-12-20(30)14-21(31)13-18/h3,5,7-14,26H,1-2,4,6,15-16H2,(H,32,35)/t26-/m1/s1. The first-order valence-corrected chi connectivity index (χ1v) is 12.9. The number of amides is 2. The van der Waals surface area contributed by atoms with Gasteiger partial charge in [0.25, 0.3) is 0 Å². The molecule has 1 aliphatic carbocycles. The number of carbonyl (C=O) groups excluding carboxylic acids is 1. The van der Waals surface area contributed by atoms with Crippen molar-refractivity contribution in [1.29, 1.82) is 0 Å². The molecule has 0 fully saturated rings. The molecule has 4 aromatic rings. The Bertz CT molecular complexity index is 1420. The first-order valence-electron chi connectivity index (χ1n) is 12.0. The summed E-state index contributed by atoms with van der Waals surface area (Å²) >= 11 is 1.75. The van der Waals surface area contributed by atoms with Crippen LogP contribution >= 0.6 is 11.3 Å². The lowest BCUT2D eigenvalue weighted by Gasteiger charge is -2.31. The van der Waals surface area contributed by atoms with Gasteiger partial charge in [-0.25, -0.2) is 18.0 Å². The van der Waals surface area contributed by atoms with Gasteiger partial charge in [0, 0.05) is 29.2 Å². The molecule has 0 unspecified atom stereocenters. The van der Waals surface area contributed by atoms with Crippen molar-refractivity contribution in [3.63, 3.8) is 0 Å². The van der Waals surface area contributed by atoms with Crippen LogP contribution in [0.25, 0.3) is 5.00 Å². The second-order valence-electron chi connectivity index (χ2n) is 9.32. The largest absolute Gasteiger partial charge is 0.334 e. The minimum Gasteiger partial charge on any atom is -0.334 e. The minimum atomic E-state index is -0.697. The van der Waals surface area contributed by atoms with Gasteiger partial charge < -0.3 is 14.8 Å². The highest BCUT2D eigenvalue weighted by molar-refractivity contribution is 7.15. The smallest absolute Gasteiger partial charge is 0.318 e. The summed E-state index contributed by atoms with van der Waals surface area (Å²) in [6, 6.07) is 12.1. The van der Waals surface area contributed by atoms with E-state index in [0.29, 0.717) is 12.1 Å². The van der Waals surface area contributed by atoms with Crippen LogP contribution in [0.5, 0.6) is 0 Å². The number of hydrogen-bond acceptors (Lipinski definition) is 2. The Morgan fingerprint density at radius 1 is 0.944 bits per heavy atom. The number of aromatic nitrogens is 1. The summed E-state index contributed by atoms with van der Waals surface area (Å²) in [5, 5.41) is 4.01. The third kappa shape index (κ3) is 4.09. The predicted molar refractivity (Wildman–Crippen MR) is 133 cm³/mol. The van der Waals surface area contributed by atoms with E-state index in [0.717, 1.165) is 53.6 Å². The van der Waals surface area contributed by atoms with E-state index >= 15 is 0 Å². The number of urea groups is 1. The minimum absolute atomic E-state index is 0.204. The lowest BCUT2D eigenvalue weighted by Crippen LogP contribution is -2.42. The lowest BCUT2D eigenvalue weighted by atomic mass is 9.95. The average molecular weight is 508 g/mol. The van der Waals surface area contributed by atoms with Crippen molar-refractivity contribution in [1.82, 2.24) is 14.8 Å². The number of nitrogens with zero attached hydrogens (tertiary/aromatic N) is 2. The maximum Gasteiger partial charge on any atom is 0.318 e. The molecule has 2 aliphatic rings. The van der Waals surface area contributed by atoms with Crippen molar-refractivity contribution >= 4 is 17.4 Å². The maximum absolute atomic E-state index is 14.4. The fourth-order valence-corrected chi connectivity index (χ4v) is 6.76. The van der Waals surface area contributed by atoms with Gasteiger partial charge in [-0.3, -0.25) is 0 Å². The van der Waals surface area contributed by atoms with Gasteiger partial charge in [-0.1, -0.05) is 12.1 Å². The molecule has 0 saturated carbocycles. The summed E-state index contributed by atoms with van der Waals surface area (Å²) in [4.78, 5) is 16.7. The number of fused-ring (bicyclic) bond motifs is 5. The molecule has 0 bridgehead atoms. The summed E-state index contributed by atoms with van der Waals surface area (Å²) in [5.74, 6) is -1.72. The molecule has 2 aromatic heterocycles. The quantitative estimate of drug-likeness (QED) is 0.331. The summed E-state index contributed by atoms with van der Waals surface area (Å²) in [6.45, 7) is 0.524. The fraction of sp³-hybridized carbons (Fsp3) is 0.250. The van der Waals surface area contributed by atoms with Crippen LogP contribution < -0.4 is 5.32 Å². The zero-order chi connectivity index (χ0) is 24.8. The monoisotopic (exact) mass is 507 g/mol. The van der Waals surface area contributed by atoms with E-state index in [-0.39, 0.29) is 18.4 Å². The molecule has 184 valence electrons. The normalized spacial score (nSPS) is 16.6. The Labute approximate surface area is 211 Å². The zero-order valence-corrected chi connectivity index (χ0v) is 20.3. The van der Waals surface area contributed by atoms with Gasteiger partial charge >= 0.3 is 6.03 Å². The number of halogens is 3. The Kier molecular flexibility index (Phi) is 5.84. The van der Waals surface area contributed by atoms with Crippen LogP contribution in [0.1, 0.15) is 51.7 Å². The van der Waals surface area contributed by atoms with Crippen molar-refractivity contribution in [3.05, 3.63) is 111 Å². The van der Waals surface area contributed by atoms with Gasteiger partial charge in [0.15, 0.2) is 0 Å². The SMILES string of the molecule is O=C(NCc1ccc(F)cc1)N1Cc2c(sc3c2CCCC3)-n2cccc2[C@H]1c1cc(F)cc(F)c1. The third-order valence-electron chi connectivity index (χ3n) is 7.00. The maximum atomic E-state index is 14.4. The highest BCUT2D eigenvalue weighted by Crippen LogP contribution is 2.44. The molecule has 36 heavy (non-hydrogen) atoms. The highest BCUT2D eigenvalue weighted by Gasteiger charge is 2.36. The number of carbonyl (C=O) groups is 1. The molecule has 2 amide bonds. The highest BCUT2D eigenvalue weighted by atomic mass is 32.1. The summed E-state index contributed by atoms with van der Waals surface area (Å²) in [7, 11) is 0. The molecule has 0 saturated heterocycles. The molecular weight excluding hydrogens is 483 g/mol. The van der Waals surface area contributed by atoms with E-state index in [2.05, 4.69) is 9.88 Å². The molecule has 1 aliphatic heterocycles. The molecule has 6 rings (SSSR count). The van der Waals surface area contributed by atoms with Gasteiger partial charge in [-0.2, -0.15) is 0 Å². The number of rotatable bonds is 3. The number of benzene rings is 2. The molecular formula is C28H24F3N3OS. The van der Waals surface area contributed by atoms with Crippen molar-refractivity contribution < 1.29 is 18.0 Å². The topological polar surface area (TPSA) is 37.3 Å². The fourth-order valence-electron chi connectivity index (χ4n) is 5.35. The summed E-state index contributed by atoms with van der Waals surface area (Å²) in [6.07, 6.45) is 6.20. The second kappa shape index (κ2) is 9.17. The van der Waals surface area contributed by atoms with Crippen molar-refractivity contribution in [2.75, 3.05) is 0 Å². The molecule has 0 radical (unpaired) electrons. The molecule has 1 N–H and O–H groups in total. The molecule has 0 spiro atoms. The van der Waals surface area contributed by atoms with E-state index in [1.807, 2.05) is 18.3 Å². The number of nitrogens with one attached hydrogen (secondary N) is 1. The summed E-state index contributed by atoms with van der Waals surface area (Å²) in [5.41, 5.74) is 4.29. The second-order valence-corrected chi connectivity index (χ2v) is 10.4. The average Bonchev–Trinajstić information content (AvgIpc) is 3.44. The van der Waals surface area contributed by atoms with Crippen LogP contribution in [0, 0.1) is 17.5 Å². The molecule has 2 aromatic carbocycles. The number of aryl methyl sites for hydroxylation is 1. The van der Waals surface area contributed by atoms with Crippen molar-refractivity contribution in [3.8, 4) is 5.00 Å². The van der Waals surface area contributed by atoms with Crippen LogP contribution in [0.3, 0.4) is 0 Å². The molecule has 4 nitrogen and oxygen atoms in total. The number of thiophene rings is 1. The Morgan fingerprint density at radius 2 is 1.69 bits per heavy atom. The Hall–Kier alpha value is -3.52. The summed E-state index contributed by atoms with van der Waals surface area (Å²) < 4.78 is 44.1. The molecule has 3 heterocycles. The van der Waals surface area contributed by atoms with Crippen LogP contribution in [0.15, 0.2) is 60.8 Å². The van der Waals surface area contributed by atoms with Gasteiger partial charge in [-0.05, 0) is 78.8 Å². The van der Waals surface area contributed by atoms with Gasteiger partial charge in [0.2, 0.25) is 0 Å². The zero-order valence-electron chi connectivity index (χ0n) is 19.4. The van der Waals surface area contributed by atoms with E-state index in [4.69, 9.17) is 0 Å². The van der Waals surface area contributed by atoms with Gasteiger partial charge in [-0.15, -0.1) is 11.3 Å². The van der Waals surface area contributed by atoms with Crippen LogP contribution in [-0.4, -0.2) is 15.5 Å². The first kappa shape index (κ1) is 22.9. The van der Waals surface area contributed by atoms with E-state index in [1.165, 1.54) is 34.7 Å².